The van der Waals surface area contributed by atoms with Gasteiger partial charge in [-0.05, 0) is 18.2 Å². The number of fused-ring (bicyclic) bond motifs is 1. The van der Waals surface area contributed by atoms with Gasteiger partial charge in [-0.25, -0.2) is 0 Å². The monoisotopic (exact) mass is 450 g/mol. The van der Waals surface area contributed by atoms with E-state index in [1.165, 1.54) is 6.07 Å². The number of hydrogen-bond acceptors (Lipinski definition) is 4. The van der Waals surface area contributed by atoms with E-state index in [0.717, 1.165) is 0 Å². The molecule has 0 aliphatic carbocycles. The van der Waals surface area contributed by atoms with Gasteiger partial charge in [-0.2, -0.15) is 0 Å². The van der Waals surface area contributed by atoms with Gasteiger partial charge in [0.1, 0.15) is 11.3 Å². The molecule has 0 saturated carbocycles. The summed E-state index contributed by atoms with van der Waals surface area (Å²) in [5.74, 6) is -3.68. The summed E-state index contributed by atoms with van der Waals surface area (Å²) >= 11 is 8.80. The predicted molar refractivity (Wildman–Crippen MR) is 102 cm³/mol. The lowest BCUT2D eigenvalue weighted by Crippen LogP contribution is -2.42. The first-order valence-corrected chi connectivity index (χ1v) is 8.87. The third-order valence-electron chi connectivity index (χ3n) is 4.07. The van der Waals surface area contributed by atoms with Crippen LogP contribution in [0.15, 0.2) is 52.9 Å². The Labute approximate surface area is 166 Å². The lowest BCUT2D eigenvalue weighted by Gasteiger charge is -2.16. The first-order chi connectivity index (χ1) is 12.7. The molecule has 138 valence electrons. The second-order valence-corrected chi connectivity index (χ2v) is 7.61. The topological polar surface area (TPSA) is 105 Å². The summed E-state index contributed by atoms with van der Waals surface area (Å²) in [7, 11) is 0. The number of hydrogen-bond donors (Lipinski definition) is 2. The third-order valence-corrected chi connectivity index (χ3v) is 5.26. The van der Waals surface area contributed by atoms with Crippen molar-refractivity contribution >= 4 is 56.2 Å². The molecule has 3 rings (SSSR count). The summed E-state index contributed by atoms with van der Waals surface area (Å²) in [6.07, 6.45) is -0.572. The first-order valence-electron chi connectivity index (χ1n) is 7.70. The Bertz CT molecular complexity index is 1040. The second kappa shape index (κ2) is 7.17. The van der Waals surface area contributed by atoms with E-state index in [2.05, 4.69) is 15.9 Å². The molecule has 2 N–H and O–H groups in total. The van der Waals surface area contributed by atoms with E-state index in [4.69, 9.17) is 16.0 Å². The van der Waals surface area contributed by atoms with Crippen LogP contribution >= 0.6 is 27.5 Å². The average molecular weight is 452 g/mol. The number of alkyl halides is 1. The van der Waals surface area contributed by atoms with E-state index in [1.807, 2.05) is 0 Å². The van der Waals surface area contributed by atoms with Gasteiger partial charge < -0.3 is 14.6 Å². The van der Waals surface area contributed by atoms with Crippen LogP contribution in [0.2, 0.25) is 5.02 Å². The minimum Gasteiger partial charge on any atom is -0.480 e. The molecule has 3 aromatic rings. The van der Waals surface area contributed by atoms with Gasteiger partial charge in [0, 0.05) is 22.4 Å². The number of furan rings is 1. The maximum Gasteiger partial charge on any atom is 0.332 e. The number of carboxylic acid groups (broad SMARTS) is 2. The number of carbonyl (C=O) groups excluding carboxylic acids is 1. The van der Waals surface area contributed by atoms with Crippen molar-refractivity contribution in [3.8, 4) is 0 Å². The normalized spacial score (nSPS) is 11.5. The van der Waals surface area contributed by atoms with Gasteiger partial charge in [0.15, 0.2) is 5.78 Å². The molecular formula is C19H12BrClO6. The van der Waals surface area contributed by atoms with E-state index in [9.17, 15) is 24.6 Å². The maximum absolute atomic E-state index is 13.1. The lowest BCUT2D eigenvalue weighted by molar-refractivity contribution is -0.151. The highest BCUT2D eigenvalue weighted by Crippen LogP contribution is 2.35. The zero-order valence-electron chi connectivity index (χ0n) is 13.6. The Morgan fingerprint density at radius 2 is 1.67 bits per heavy atom. The molecule has 0 aliphatic rings. The van der Waals surface area contributed by atoms with E-state index in [1.54, 1.807) is 42.5 Å². The fraction of sp³-hybridized carbons (Fsp3) is 0.105. The Morgan fingerprint density at radius 3 is 2.26 bits per heavy atom. The van der Waals surface area contributed by atoms with Crippen molar-refractivity contribution in [2.45, 2.75) is 10.7 Å². The molecule has 6 nitrogen and oxygen atoms in total. The van der Waals surface area contributed by atoms with Gasteiger partial charge in [0.25, 0.3) is 0 Å². The molecule has 0 unspecified atom stereocenters. The van der Waals surface area contributed by atoms with Crippen LogP contribution < -0.4 is 0 Å². The highest BCUT2D eigenvalue weighted by molar-refractivity contribution is 9.10. The molecule has 0 saturated heterocycles. The fourth-order valence-corrected chi connectivity index (χ4v) is 3.12. The summed E-state index contributed by atoms with van der Waals surface area (Å²) < 4.78 is 3.32. The second-order valence-electron chi connectivity index (χ2n) is 5.82. The average Bonchev–Trinajstić information content (AvgIpc) is 2.98. The predicted octanol–water partition coefficient (Wildman–Crippen LogP) is 4.16. The molecule has 0 bridgehead atoms. The van der Waals surface area contributed by atoms with Crippen molar-refractivity contribution in [1.29, 1.82) is 0 Å². The quantitative estimate of drug-likeness (QED) is 0.331. The van der Waals surface area contributed by atoms with Crippen LogP contribution in [-0.2, 0) is 16.0 Å². The molecule has 0 spiro atoms. The Balaban J connectivity index is 2.22. The van der Waals surface area contributed by atoms with Crippen molar-refractivity contribution in [2.75, 3.05) is 0 Å². The summed E-state index contributed by atoms with van der Waals surface area (Å²) in [6.45, 7) is 0. The van der Waals surface area contributed by atoms with Gasteiger partial charge in [0.2, 0.25) is 4.32 Å². The lowest BCUT2D eigenvalue weighted by atomic mass is 9.95. The number of rotatable bonds is 6. The number of ketones is 1. The van der Waals surface area contributed by atoms with Gasteiger partial charge in [-0.1, -0.05) is 57.9 Å². The molecule has 8 heteroatoms. The van der Waals surface area contributed by atoms with E-state index in [-0.39, 0.29) is 11.3 Å². The number of carboxylic acids is 2. The maximum atomic E-state index is 13.1. The zero-order chi connectivity index (χ0) is 19.8. The van der Waals surface area contributed by atoms with Gasteiger partial charge >= 0.3 is 11.9 Å². The summed E-state index contributed by atoms with van der Waals surface area (Å²) in [5.41, 5.74) is 0.747. The minimum absolute atomic E-state index is 0.0530. The molecule has 1 heterocycles. The molecule has 27 heavy (non-hydrogen) atoms. The number of halogens is 2. The van der Waals surface area contributed by atoms with Gasteiger partial charge in [-0.3, -0.25) is 14.4 Å². The molecule has 0 radical (unpaired) electrons. The molecule has 0 atom stereocenters. The van der Waals surface area contributed by atoms with Crippen molar-refractivity contribution < 1.29 is 29.0 Å². The fourth-order valence-electron chi connectivity index (χ4n) is 2.69. The minimum atomic E-state index is -2.34. The standard InChI is InChI=1S/C19H12BrClO6/c20-19(17(23)24,18(25)26)9-14-15(16(22)10-4-2-1-3-5-10)12-8-11(21)6-7-13(12)27-14/h1-8H,9H2,(H,23,24)(H,25,26). The van der Waals surface area contributed by atoms with Gasteiger partial charge in [-0.15, -0.1) is 0 Å². The first kappa shape index (κ1) is 19.1. The molecule has 0 fully saturated rings. The number of aliphatic carboxylic acids is 2. The Kier molecular flexibility index (Phi) is 5.08. The molecular weight excluding hydrogens is 440 g/mol. The van der Waals surface area contributed by atoms with Crippen LogP contribution in [-0.4, -0.2) is 32.3 Å². The van der Waals surface area contributed by atoms with Crippen LogP contribution in [0, 0.1) is 0 Å². The highest BCUT2D eigenvalue weighted by Gasteiger charge is 2.46. The number of benzene rings is 2. The van der Waals surface area contributed by atoms with Crippen LogP contribution in [0.3, 0.4) is 0 Å². The summed E-state index contributed by atoms with van der Waals surface area (Å²) in [4.78, 5) is 36.1. The zero-order valence-corrected chi connectivity index (χ0v) is 16.0. The highest BCUT2D eigenvalue weighted by atomic mass is 79.9. The van der Waals surface area contributed by atoms with E-state index >= 15 is 0 Å². The third kappa shape index (κ3) is 3.48. The smallest absolute Gasteiger partial charge is 0.332 e. The molecule has 0 amide bonds. The largest absolute Gasteiger partial charge is 0.480 e. The Hall–Kier alpha value is -2.64. The van der Waals surface area contributed by atoms with Crippen LogP contribution in [0.1, 0.15) is 21.7 Å². The summed E-state index contributed by atoms with van der Waals surface area (Å²) in [5, 5.41) is 19.5. The van der Waals surface area contributed by atoms with Crippen LogP contribution in [0.4, 0.5) is 0 Å². The SMILES string of the molecule is O=C(c1ccccc1)c1c(CC(Br)(C(=O)O)C(=O)O)oc2ccc(Cl)cc12. The van der Waals surface area contributed by atoms with E-state index < -0.39 is 28.5 Å². The van der Waals surface area contributed by atoms with Crippen molar-refractivity contribution in [1.82, 2.24) is 0 Å². The van der Waals surface area contributed by atoms with Gasteiger partial charge in [0.05, 0.1) is 5.56 Å². The molecule has 1 aromatic heterocycles. The van der Waals surface area contributed by atoms with Crippen molar-refractivity contribution in [3.63, 3.8) is 0 Å². The van der Waals surface area contributed by atoms with Crippen molar-refractivity contribution in [3.05, 3.63) is 70.4 Å². The van der Waals surface area contributed by atoms with Crippen molar-refractivity contribution in [2.24, 2.45) is 0 Å². The van der Waals surface area contributed by atoms with Crippen LogP contribution in [0.25, 0.3) is 11.0 Å². The molecule has 0 aliphatic heterocycles. The van der Waals surface area contributed by atoms with Crippen LogP contribution in [0.5, 0.6) is 0 Å². The van der Waals surface area contributed by atoms with E-state index in [0.29, 0.717) is 21.6 Å². The molecule has 2 aromatic carbocycles. The number of carbonyl (C=O) groups is 3. The Morgan fingerprint density at radius 1 is 1.04 bits per heavy atom. The summed E-state index contributed by atoms with van der Waals surface area (Å²) in [6, 6.07) is 13.0.